The van der Waals surface area contributed by atoms with Crippen LogP contribution in [0.1, 0.15) is 18.4 Å². The van der Waals surface area contributed by atoms with Crippen molar-refractivity contribution in [2.45, 2.75) is 17.7 Å². The predicted octanol–water partition coefficient (Wildman–Crippen LogP) is 1.95. The first kappa shape index (κ1) is 12.3. The van der Waals surface area contributed by atoms with E-state index in [9.17, 15) is 12.8 Å². The van der Waals surface area contributed by atoms with E-state index in [1.165, 1.54) is 11.5 Å². The van der Waals surface area contributed by atoms with E-state index in [0.717, 1.165) is 24.6 Å². The average molecular weight is 255 g/mol. The van der Waals surface area contributed by atoms with E-state index in [0.29, 0.717) is 12.0 Å². The van der Waals surface area contributed by atoms with E-state index in [1.54, 1.807) is 6.07 Å². The Balaban J connectivity index is 2.33. The van der Waals surface area contributed by atoms with Crippen LogP contribution in [0.3, 0.4) is 0 Å². The van der Waals surface area contributed by atoms with Crippen molar-refractivity contribution in [2.75, 3.05) is 13.6 Å². The molecule has 0 saturated heterocycles. The van der Waals surface area contributed by atoms with Crippen LogP contribution >= 0.6 is 0 Å². The Bertz CT molecular complexity index is 564. The minimum atomic E-state index is -3.44. The van der Waals surface area contributed by atoms with Gasteiger partial charge in [-0.3, -0.25) is 0 Å². The van der Waals surface area contributed by atoms with Crippen LogP contribution in [0.15, 0.2) is 28.5 Å². The Morgan fingerprint density at radius 3 is 2.82 bits per heavy atom. The number of sulfone groups is 1. The van der Waals surface area contributed by atoms with Gasteiger partial charge >= 0.3 is 0 Å². The number of nitrogens with one attached hydrogen (secondary N) is 1. The highest BCUT2D eigenvalue weighted by Gasteiger charge is 2.26. The smallest absolute Gasteiger partial charge is 0.200 e. The standard InChI is InChI=1S/C12H14FNO2S/c1-14-6-2-3-9-8-17(15,16)12-7-10(13)4-5-11(9)12/h4-5,7-8,14H,2-3,6H2,1H3. The van der Waals surface area contributed by atoms with Crippen molar-refractivity contribution in [3.63, 3.8) is 0 Å². The Labute approximate surface area is 100 Å². The molecule has 1 aromatic rings. The highest BCUT2D eigenvalue weighted by molar-refractivity contribution is 7.95. The van der Waals surface area contributed by atoms with Crippen LogP contribution in [0, 0.1) is 5.82 Å². The van der Waals surface area contributed by atoms with E-state index in [-0.39, 0.29) is 4.90 Å². The minimum absolute atomic E-state index is 0.0944. The Morgan fingerprint density at radius 1 is 1.35 bits per heavy atom. The van der Waals surface area contributed by atoms with E-state index in [4.69, 9.17) is 0 Å². The second kappa shape index (κ2) is 4.58. The van der Waals surface area contributed by atoms with E-state index < -0.39 is 15.7 Å². The van der Waals surface area contributed by atoms with Crippen LogP contribution in [-0.2, 0) is 9.84 Å². The molecule has 2 rings (SSSR count). The number of allylic oxidation sites excluding steroid dienone is 1. The van der Waals surface area contributed by atoms with Gasteiger partial charge in [-0.05, 0) is 49.7 Å². The monoisotopic (exact) mass is 255 g/mol. The van der Waals surface area contributed by atoms with Crippen LogP contribution < -0.4 is 5.32 Å². The summed E-state index contributed by atoms with van der Waals surface area (Å²) in [6.07, 6.45) is 1.54. The quantitative estimate of drug-likeness (QED) is 0.836. The zero-order valence-electron chi connectivity index (χ0n) is 9.53. The molecule has 0 amide bonds. The van der Waals surface area contributed by atoms with Crippen molar-refractivity contribution >= 4 is 15.4 Å². The lowest BCUT2D eigenvalue weighted by atomic mass is 10.0. The van der Waals surface area contributed by atoms with Crippen LogP contribution in [0.4, 0.5) is 4.39 Å². The highest BCUT2D eigenvalue weighted by atomic mass is 32.2. The zero-order chi connectivity index (χ0) is 12.5. The molecule has 0 unspecified atom stereocenters. The minimum Gasteiger partial charge on any atom is -0.320 e. The maximum atomic E-state index is 13.0. The molecule has 3 nitrogen and oxygen atoms in total. The lowest BCUT2D eigenvalue weighted by Crippen LogP contribution is -2.07. The summed E-state index contributed by atoms with van der Waals surface area (Å²) in [6, 6.07) is 3.93. The van der Waals surface area contributed by atoms with Gasteiger partial charge in [0.2, 0.25) is 9.84 Å². The molecule has 17 heavy (non-hydrogen) atoms. The van der Waals surface area contributed by atoms with Gasteiger partial charge in [-0.1, -0.05) is 6.07 Å². The summed E-state index contributed by atoms with van der Waals surface area (Å²) in [7, 11) is -1.59. The van der Waals surface area contributed by atoms with E-state index >= 15 is 0 Å². The molecule has 92 valence electrons. The predicted molar refractivity (Wildman–Crippen MR) is 64.7 cm³/mol. The van der Waals surface area contributed by atoms with Gasteiger partial charge in [0.25, 0.3) is 0 Å². The molecule has 1 aliphatic rings. The van der Waals surface area contributed by atoms with Gasteiger partial charge in [0.1, 0.15) is 5.82 Å². The Hall–Kier alpha value is -1.20. The maximum absolute atomic E-state index is 13.0. The maximum Gasteiger partial charge on any atom is 0.200 e. The van der Waals surface area contributed by atoms with Gasteiger partial charge in [-0.25, -0.2) is 12.8 Å². The van der Waals surface area contributed by atoms with Crippen LogP contribution in [0.5, 0.6) is 0 Å². The molecule has 0 bridgehead atoms. The zero-order valence-corrected chi connectivity index (χ0v) is 10.3. The van der Waals surface area contributed by atoms with Gasteiger partial charge in [-0.2, -0.15) is 0 Å². The van der Waals surface area contributed by atoms with Crippen LogP contribution in [0.25, 0.3) is 5.57 Å². The van der Waals surface area contributed by atoms with Crippen molar-refractivity contribution in [3.05, 3.63) is 35.0 Å². The number of halogens is 1. The molecule has 1 N–H and O–H groups in total. The number of rotatable bonds is 4. The SMILES string of the molecule is CNCCCC1=CS(=O)(=O)c2cc(F)ccc21. The molecule has 5 heteroatoms. The van der Waals surface area contributed by atoms with Crippen molar-refractivity contribution in [1.82, 2.24) is 5.32 Å². The molecule has 0 radical (unpaired) electrons. The third kappa shape index (κ3) is 2.40. The van der Waals surface area contributed by atoms with Gasteiger partial charge in [0.15, 0.2) is 0 Å². The highest BCUT2D eigenvalue weighted by Crippen LogP contribution is 2.35. The first-order valence-corrected chi connectivity index (χ1v) is 6.99. The molecule has 0 aliphatic carbocycles. The summed E-state index contributed by atoms with van der Waals surface area (Å²) in [4.78, 5) is 0.0944. The largest absolute Gasteiger partial charge is 0.320 e. The molecule has 1 aromatic carbocycles. The summed E-state index contributed by atoms with van der Waals surface area (Å²) in [6.45, 7) is 0.827. The number of benzene rings is 1. The molecule has 0 atom stereocenters. The van der Waals surface area contributed by atoms with Crippen LogP contribution in [-0.4, -0.2) is 22.0 Å². The first-order valence-electron chi connectivity index (χ1n) is 5.45. The summed E-state index contributed by atoms with van der Waals surface area (Å²) in [5.74, 6) is -0.516. The fourth-order valence-electron chi connectivity index (χ4n) is 1.96. The van der Waals surface area contributed by atoms with Crippen molar-refractivity contribution < 1.29 is 12.8 Å². The normalized spacial score (nSPS) is 16.7. The Morgan fingerprint density at radius 2 is 2.12 bits per heavy atom. The first-order chi connectivity index (χ1) is 8.04. The molecule has 0 spiro atoms. The van der Waals surface area contributed by atoms with Gasteiger partial charge in [-0.15, -0.1) is 0 Å². The molecule has 0 saturated carbocycles. The number of fused-ring (bicyclic) bond motifs is 1. The molecule has 0 fully saturated rings. The van der Waals surface area contributed by atoms with E-state index in [2.05, 4.69) is 5.32 Å². The van der Waals surface area contributed by atoms with Crippen molar-refractivity contribution in [3.8, 4) is 0 Å². The van der Waals surface area contributed by atoms with Gasteiger partial charge in [0.05, 0.1) is 4.90 Å². The molecular formula is C12H14FNO2S. The van der Waals surface area contributed by atoms with Crippen molar-refractivity contribution in [1.29, 1.82) is 0 Å². The van der Waals surface area contributed by atoms with Crippen molar-refractivity contribution in [2.24, 2.45) is 0 Å². The van der Waals surface area contributed by atoms with Gasteiger partial charge < -0.3 is 5.32 Å². The number of hydrogen-bond acceptors (Lipinski definition) is 3. The molecule has 1 aliphatic heterocycles. The topological polar surface area (TPSA) is 46.2 Å². The lowest BCUT2D eigenvalue weighted by molar-refractivity contribution is 0.599. The summed E-state index contributed by atoms with van der Waals surface area (Å²) in [5, 5.41) is 4.27. The fraction of sp³-hybridized carbons (Fsp3) is 0.333. The average Bonchev–Trinajstić information content (AvgIpc) is 2.51. The molecule has 0 aromatic heterocycles. The van der Waals surface area contributed by atoms with Gasteiger partial charge in [0, 0.05) is 5.41 Å². The summed E-state index contributed by atoms with van der Waals surface area (Å²) in [5.41, 5.74) is 1.41. The van der Waals surface area contributed by atoms with Crippen LogP contribution in [0.2, 0.25) is 0 Å². The molecular weight excluding hydrogens is 241 g/mol. The molecule has 1 heterocycles. The second-order valence-electron chi connectivity index (χ2n) is 4.04. The third-order valence-electron chi connectivity index (χ3n) is 2.77. The lowest BCUT2D eigenvalue weighted by Gasteiger charge is -2.04. The van der Waals surface area contributed by atoms with E-state index in [1.807, 2.05) is 7.05 Å². The Kier molecular flexibility index (Phi) is 3.31. The summed E-state index contributed by atoms with van der Waals surface area (Å²) >= 11 is 0. The second-order valence-corrected chi connectivity index (χ2v) is 5.80. The third-order valence-corrected chi connectivity index (χ3v) is 4.31. The number of hydrogen-bond donors (Lipinski definition) is 1. The fourth-order valence-corrected chi connectivity index (χ4v) is 3.49. The summed E-state index contributed by atoms with van der Waals surface area (Å²) < 4.78 is 36.6.